The largest absolute Gasteiger partial charge is 0.477 e. The minimum Gasteiger partial charge on any atom is -0.477 e. The van der Waals surface area contributed by atoms with Crippen molar-refractivity contribution in [3.05, 3.63) is 10.6 Å². The van der Waals surface area contributed by atoms with Gasteiger partial charge in [0.1, 0.15) is 4.88 Å². The second-order valence-electron chi connectivity index (χ2n) is 4.02. The number of methoxy groups -OCH3 is 1. The number of aryl methyl sites for hydroxylation is 1. The fourth-order valence-electron chi connectivity index (χ4n) is 1.37. The highest BCUT2D eigenvalue weighted by Crippen LogP contribution is 2.26. The molecule has 0 unspecified atom stereocenters. The Morgan fingerprint density at radius 2 is 2.14 bits per heavy atom. The van der Waals surface area contributed by atoms with E-state index in [0.29, 0.717) is 23.0 Å². The molecule has 0 saturated carbocycles. The number of nitrogens with one attached hydrogen (secondary N) is 1. The summed E-state index contributed by atoms with van der Waals surface area (Å²) in [5.74, 6) is -1.35. The van der Waals surface area contributed by atoms with Crippen LogP contribution in [0.25, 0.3) is 0 Å². The predicted molar refractivity (Wildman–Crippen MR) is 78.8 cm³/mol. The van der Waals surface area contributed by atoms with Gasteiger partial charge in [0.05, 0.1) is 18.6 Å². The maximum absolute atomic E-state index is 11.6. The third kappa shape index (κ3) is 6.13. The van der Waals surface area contributed by atoms with E-state index in [1.807, 2.05) is 0 Å². The van der Waals surface area contributed by atoms with Crippen LogP contribution in [-0.2, 0) is 14.3 Å². The lowest BCUT2D eigenvalue weighted by atomic mass is 10.3. The standard InChI is InChI=1S/C12H16N2O5S2/c1-7-10(11(17)18)21-12(14-7)20-6-8(15)13-5-3-4-9(16)19-2/h3-6H2,1-2H3,(H,13,15)(H,17,18). The Morgan fingerprint density at radius 3 is 2.71 bits per heavy atom. The summed E-state index contributed by atoms with van der Waals surface area (Å²) in [5, 5.41) is 11.6. The lowest BCUT2D eigenvalue weighted by Crippen LogP contribution is -2.26. The molecule has 0 aliphatic rings. The molecule has 0 atom stereocenters. The number of esters is 1. The molecule has 0 bridgehead atoms. The number of carbonyl (C=O) groups is 3. The van der Waals surface area contributed by atoms with Crippen LogP contribution in [0.4, 0.5) is 0 Å². The molecule has 0 radical (unpaired) electrons. The first-order chi connectivity index (χ1) is 9.93. The van der Waals surface area contributed by atoms with E-state index < -0.39 is 5.97 Å². The highest BCUT2D eigenvalue weighted by Gasteiger charge is 2.15. The zero-order valence-electron chi connectivity index (χ0n) is 11.7. The van der Waals surface area contributed by atoms with Gasteiger partial charge in [-0.05, 0) is 13.3 Å². The second-order valence-corrected chi connectivity index (χ2v) is 6.24. The lowest BCUT2D eigenvalue weighted by molar-refractivity contribution is -0.140. The smallest absolute Gasteiger partial charge is 0.347 e. The molecule has 21 heavy (non-hydrogen) atoms. The zero-order valence-corrected chi connectivity index (χ0v) is 13.3. The average molecular weight is 332 g/mol. The van der Waals surface area contributed by atoms with Gasteiger partial charge < -0.3 is 15.2 Å². The van der Waals surface area contributed by atoms with Gasteiger partial charge in [-0.3, -0.25) is 9.59 Å². The van der Waals surface area contributed by atoms with Gasteiger partial charge in [-0.1, -0.05) is 11.8 Å². The van der Waals surface area contributed by atoms with Gasteiger partial charge in [0.2, 0.25) is 5.91 Å². The van der Waals surface area contributed by atoms with Gasteiger partial charge in [-0.25, -0.2) is 9.78 Å². The van der Waals surface area contributed by atoms with Crippen LogP contribution >= 0.6 is 23.1 Å². The highest BCUT2D eigenvalue weighted by atomic mass is 32.2. The molecule has 1 aromatic rings. The SMILES string of the molecule is COC(=O)CCCNC(=O)CSc1nc(C)c(C(=O)O)s1. The van der Waals surface area contributed by atoms with Gasteiger partial charge in [-0.15, -0.1) is 11.3 Å². The summed E-state index contributed by atoms with van der Waals surface area (Å²) in [4.78, 5) is 37.6. The van der Waals surface area contributed by atoms with Crippen LogP contribution in [0.3, 0.4) is 0 Å². The molecule has 0 spiro atoms. The monoisotopic (exact) mass is 332 g/mol. The first-order valence-corrected chi connectivity index (χ1v) is 7.91. The van der Waals surface area contributed by atoms with Gasteiger partial charge in [0, 0.05) is 13.0 Å². The van der Waals surface area contributed by atoms with Crippen molar-refractivity contribution in [2.75, 3.05) is 19.4 Å². The number of thiazole rings is 1. The summed E-state index contributed by atoms with van der Waals surface area (Å²) >= 11 is 2.25. The first-order valence-electron chi connectivity index (χ1n) is 6.11. The van der Waals surface area contributed by atoms with E-state index in [1.54, 1.807) is 6.92 Å². The van der Waals surface area contributed by atoms with E-state index in [9.17, 15) is 14.4 Å². The summed E-state index contributed by atoms with van der Waals surface area (Å²) in [6.07, 6.45) is 0.778. The molecule has 0 aromatic carbocycles. The molecule has 7 nitrogen and oxygen atoms in total. The summed E-state index contributed by atoms with van der Waals surface area (Å²) in [7, 11) is 1.32. The van der Waals surface area contributed by atoms with Crippen LogP contribution in [0.1, 0.15) is 28.2 Å². The summed E-state index contributed by atoms with van der Waals surface area (Å²) < 4.78 is 5.04. The molecule has 0 fully saturated rings. The number of ether oxygens (including phenoxy) is 1. The molecule has 1 heterocycles. The maximum Gasteiger partial charge on any atom is 0.347 e. The number of hydrogen-bond donors (Lipinski definition) is 2. The fourth-order valence-corrected chi connectivity index (χ4v) is 3.23. The maximum atomic E-state index is 11.6. The number of aromatic nitrogens is 1. The van der Waals surface area contributed by atoms with Crippen LogP contribution < -0.4 is 5.32 Å². The number of aromatic carboxylic acids is 1. The van der Waals surface area contributed by atoms with Crippen molar-refractivity contribution in [2.45, 2.75) is 24.1 Å². The van der Waals surface area contributed by atoms with Gasteiger partial charge in [0.25, 0.3) is 0 Å². The molecule has 2 N–H and O–H groups in total. The van der Waals surface area contributed by atoms with Gasteiger partial charge >= 0.3 is 11.9 Å². The predicted octanol–water partition coefficient (Wildman–Crippen LogP) is 1.31. The number of nitrogens with zero attached hydrogens (tertiary/aromatic N) is 1. The first kappa shape index (κ1) is 17.4. The molecule has 0 saturated heterocycles. The Balaban J connectivity index is 2.28. The number of carboxylic acids is 1. The van der Waals surface area contributed by atoms with Crippen molar-refractivity contribution in [3.8, 4) is 0 Å². The fraction of sp³-hybridized carbons (Fsp3) is 0.500. The minimum absolute atomic E-state index is 0.157. The van der Waals surface area contributed by atoms with Crippen LogP contribution in [-0.4, -0.2) is 47.3 Å². The Kier molecular flexibility index (Phi) is 7.17. The number of hydrogen-bond acceptors (Lipinski definition) is 7. The average Bonchev–Trinajstić information content (AvgIpc) is 2.82. The third-order valence-electron chi connectivity index (χ3n) is 2.41. The van der Waals surface area contributed by atoms with E-state index >= 15 is 0 Å². The molecule has 1 amide bonds. The van der Waals surface area contributed by atoms with Gasteiger partial charge in [0.15, 0.2) is 4.34 Å². The van der Waals surface area contributed by atoms with Crippen molar-refractivity contribution in [3.63, 3.8) is 0 Å². The second kappa shape index (κ2) is 8.63. The minimum atomic E-state index is -1.01. The summed E-state index contributed by atoms with van der Waals surface area (Å²) in [6.45, 7) is 2.02. The van der Waals surface area contributed by atoms with E-state index in [-0.39, 0.29) is 28.9 Å². The lowest BCUT2D eigenvalue weighted by Gasteiger charge is -2.03. The number of rotatable bonds is 8. The van der Waals surface area contributed by atoms with E-state index in [4.69, 9.17) is 5.11 Å². The van der Waals surface area contributed by atoms with Crippen LogP contribution in [0.15, 0.2) is 4.34 Å². The van der Waals surface area contributed by atoms with Crippen LogP contribution in [0.2, 0.25) is 0 Å². The van der Waals surface area contributed by atoms with Crippen LogP contribution in [0.5, 0.6) is 0 Å². The van der Waals surface area contributed by atoms with Crippen molar-refractivity contribution >= 4 is 40.9 Å². The van der Waals surface area contributed by atoms with E-state index in [1.165, 1.54) is 18.9 Å². The topological polar surface area (TPSA) is 106 Å². The number of amides is 1. The molecule has 9 heteroatoms. The van der Waals surface area contributed by atoms with E-state index in [0.717, 1.165) is 11.3 Å². The van der Waals surface area contributed by atoms with Crippen molar-refractivity contribution in [1.82, 2.24) is 10.3 Å². The number of carbonyl (C=O) groups excluding carboxylic acids is 2. The third-order valence-corrected chi connectivity index (χ3v) is 4.69. The van der Waals surface area contributed by atoms with Gasteiger partial charge in [-0.2, -0.15) is 0 Å². The molecular formula is C12H16N2O5S2. The summed E-state index contributed by atoms with van der Waals surface area (Å²) in [5.41, 5.74) is 0.452. The van der Waals surface area contributed by atoms with Crippen molar-refractivity contribution in [1.29, 1.82) is 0 Å². The van der Waals surface area contributed by atoms with Crippen LogP contribution in [0, 0.1) is 6.92 Å². The molecule has 1 rings (SSSR count). The molecular weight excluding hydrogens is 316 g/mol. The van der Waals surface area contributed by atoms with Crippen molar-refractivity contribution in [2.24, 2.45) is 0 Å². The quantitative estimate of drug-likeness (QED) is 0.420. The Morgan fingerprint density at radius 1 is 1.43 bits per heavy atom. The Labute approximate surface area is 130 Å². The molecule has 1 aromatic heterocycles. The Bertz CT molecular complexity index is 530. The van der Waals surface area contributed by atoms with E-state index in [2.05, 4.69) is 15.0 Å². The molecule has 0 aliphatic carbocycles. The normalized spacial score (nSPS) is 10.2. The zero-order chi connectivity index (χ0) is 15.8. The molecule has 0 aliphatic heterocycles. The molecule has 116 valence electrons. The number of thioether (sulfide) groups is 1. The number of carboxylic acid groups (broad SMARTS) is 1. The summed E-state index contributed by atoms with van der Waals surface area (Å²) in [6, 6.07) is 0. The Hall–Kier alpha value is -1.61. The van der Waals surface area contributed by atoms with Crippen molar-refractivity contribution < 1.29 is 24.2 Å². The highest BCUT2D eigenvalue weighted by molar-refractivity contribution is 8.01.